The average molecular weight is 399 g/mol. The molecule has 1 heterocycles. The lowest BCUT2D eigenvalue weighted by molar-refractivity contribution is -0.137. The Kier molecular flexibility index (Phi) is 6.55. The third kappa shape index (κ3) is 5.42. The fraction of sp³-hybridized carbons (Fsp3) is 0.368. The van der Waals surface area contributed by atoms with Crippen LogP contribution in [0.25, 0.3) is 0 Å². The molecule has 3 rings (SSSR count). The molecule has 2 aromatic rings. The molecule has 1 saturated heterocycles. The Bertz CT molecular complexity index is 719. The van der Waals surface area contributed by atoms with E-state index in [1.807, 2.05) is 0 Å². The van der Waals surface area contributed by atoms with Crippen LogP contribution in [0.2, 0.25) is 0 Å². The number of halogens is 3. The van der Waals surface area contributed by atoms with Gasteiger partial charge in [0, 0.05) is 35.5 Å². The highest BCUT2D eigenvalue weighted by Crippen LogP contribution is 2.31. The van der Waals surface area contributed by atoms with Crippen molar-refractivity contribution in [2.75, 3.05) is 19.3 Å². The summed E-state index contributed by atoms with van der Waals surface area (Å²) in [6, 6.07) is 14.3. The Balaban J connectivity index is 1.48. The highest BCUT2D eigenvalue weighted by Gasteiger charge is 2.30. The summed E-state index contributed by atoms with van der Waals surface area (Å²) in [4.78, 5) is 4.22. The lowest BCUT2D eigenvalue weighted by Crippen LogP contribution is -2.28. The predicted molar refractivity (Wildman–Crippen MR) is 102 cm³/mol. The van der Waals surface area contributed by atoms with Crippen LogP contribution in [0.1, 0.15) is 17.5 Å². The normalized spacial score (nSPS) is 18.4. The van der Waals surface area contributed by atoms with E-state index in [2.05, 4.69) is 40.1 Å². The molecule has 0 amide bonds. The summed E-state index contributed by atoms with van der Waals surface area (Å²) in [5, 5.41) is 0. The summed E-state index contributed by atoms with van der Waals surface area (Å²) < 4.78 is 41.6. The molecule has 0 aromatic heterocycles. The number of rotatable bonds is 6. The van der Waals surface area contributed by atoms with Gasteiger partial charge in [0.25, 0.3) is 0 Å². The van der Waals surface area contributed by atoms with Gasteiger partial charge in [0.15, 0.2) is 0 Å². The molecule has 0 saturated carbocycles. The van der Waals surface area contributed by atoms with Crippen LogP contribution in [-0.4, -0.2) is 30.3 Å². The fourth-order valence-electron chi connectivity index (χ4n) is 2.95. The molecule has 2 nitrogen and oxygen atoms in total. The maximum Gasteiger partial charge on any atom is 0.416 e. The van der Waals surface area contributed by atoms with Crippen molar-refractivity contribution in [1.82, 2.24) is 9.62 Å². The van der Waals surface area contributed by atoms with Gasteiger partial charge in [-0.2, -0.15) is 13.2 Å². The molecule has 1 unspecified atom stereocenters. The summed E-state index contributed by atoms with van der Waals surface area (Å²) in [5.74, 6) is 0. The van der Waals surface area contributed by atoms with Crippen LogP contribution in [-0.2, 0) is 12.7 Å². The number of alkyl halides is 3. The van der Waals surface area contributed by atoms with E-state index in [1.54, 1.807) is 17.8 Å². The van der Waals surface area contributed by atoms with Crippen LogP contribution in [0.4, 0.5) is 13.2 Å². The maximum absolute atomic E-state index is 12.8. The zero-order chi connectivity index (χ0) is 18.6. The molecular weight excluding hydrogens is 377 g/mol. The first-order valence-corrected chi connectivity index (χ1v) is 10.4. The van der Waals surface area contributed by atoms with Gasteiger partial charge in [-0.05, 0) is 60.5 Å². The molecule has 7 heteroatoms. The second kappa shape index (κ2) is 8.69. The van der Waals surface area contributed by atoms with Crippen molar-refractivity contribution in [3.63, 3.8) is 0 Å². The van der Waals surface area contributed by atoms with Crippen LogP contribution < -0.4 is 4.72 Å². The molecule has 1 aliphatic heterocycles. The molecule has 1 fully saturated rings. The highest BCUT2D eigenvalue weighted by atomic mass is 32.2. The summed E-state index contributed by atoms with van der Waals surface area (Å²) in [6.07, 6.45) is -1.24. The largest absolute Gasteiger partial charge is 0.416 e. The molecule has 140 valence electrons. The first kappa shape index (κ1) is 19.6. The Labute approximate surface area is 160 Å². The van der Waals surface area contributed by atoms with E-state index in [9.17, 15) is 13.2 Å². The van der Waals surface area contributed by atoms with Crippen molar-refractivity contribution >= 4 is 23.7 Å². The van der Waals surface area contributed by atoms with Crippen molar-refractivity contribution in [3.8, 4) is 0 Å². The van der Waals surface area contributed by atoms with Gasteiger partial charge in [-0.1, -0.05) is 18.2 Å². The number of nitrogens with one attached hydrogen (secondary N) is 1. The first-order chi connectivity index (χ1) is 12.4. The van der Waals surface area contributed by atoms with Crippen molar-refractivity contribution in [2.45, 2.75) is 35.0 Å². The van der Waals surface area contributed by atoms with Gasteiger partial charge in [0.1, 0.15) is 0 Å². The van der Waals surface area contributed by atoms with Gasteiger partial charge in [0.05, 0.1) is 5.56 Å². The second-order valence-electron chi connectivity index (χ2n) is 6.31. The van der Waals surface area contributed by atoms with E-state index in [0.29, 0.717) is 4.90 Å². The van der Waals surface area contributed by atoms with E-state index < -0.39 is 11.7 Å². The van der Waals surface area contributed by atoms with Crippen LogP contribution in [0, 0.1) is 0 Å². The van der Waals surface area contributed by atoms with E-state index in [4.69, 9.17) is 0 Å². The van der Waals surface area contributed by atoms with Gasteiger partial charge in [-0.25, -0.2) is 0 Å². The standard InChI is InChI=1S/C19H21F3N2S2/c1-25-17-7-5-14(6-8-17)12-24-10-9-16(13-24)23-26-18-4-2-3-15(11-18)19(20,21)22/h2-8,11,16,23H,9-10,12-13H2,1H3. The first-order valence-electron chi connectivity index (χ1n) is 8.39. The zero-order valence-corrected chi connectivity index (χ0v) is 16.1. The highest BCUT2D eigenvalue weighted by molar-refractivity contribution is 7.98. The van der Waals surface area contributed by atoms with Gasteiger partial charge in [-0.15, -0.1) is 11.8 Å². The topological polar surface area (TPSA) is 15.3 Å². The zero-order valence-electron chi connectivity index (χ0n) is 14.4. The van der Waals surface area contributed by atoms with Crippen molar-refractivity contribution in [2.24, 2.45) is 0 Å². The van der Waals surface area contributed by atoms with Gasteiger partial charge < -0.3 is 0 Å². The molecule has 2 aromatic carbocycles. The number of benzene rings is 2. The Morgan fingerprint density at radius 1 is 1.12 bits per heavy atom. The molecule has 0 spiro atoms. The summed E-state index contributed by atoms with van der Waals surface area (Å²) in [6.45, 7) is 2.79. The summed E-state index contributed by atoms with van der Waals surface area (Å²) in [7, 11) is 0. The molecule has 0 radical (unpaired) electrons. The number of nitrogens with zero attached hydrogens (tertiary/aromatic N) is 1. The van der Waals surface area contributed by atoms with Crippen LogP contribution >= 0.6 is 23.7 Å². The maximum atomic E-state index is 12.8. The van der Waals surface area contributed by atoms with E-state index >= 15 is 0 Å². The minimum absolute atomic E-state index is 0.278. The minimum atomic E-state index is -4.30. The van der Waals surface area contributed by atoms with Crippen molar-refractivity contribution in [1.29, 1.82) is 0 Å². The fourth-order valence-corrected chi connectivity index (χ4v) is 4.18. The molecule has 1 aliphatic rings. The predicted octanol–water partition coefficient (Wildman–Crippen LogP) is 5.30. The number of hydrogen-bond donors (Lipinski definition) is 1. The molecule has 1 atom stereocenters. The average Bonchev–Trinajstić information content (AvgIpc) is 3.07. The lowest BCUT2D eigenvalue weighted by Gasteiger charge is -2.17. The lowest BCUT2D eigenvalue weighted by atomic mass is 10.2. The minimum Gasteiger partial charge on any atom is -0.297 e. The molecule has 1 N–H and O–H groups in total. The second-order valence-corrected chi connectivity index (χ2v) is 8.11. The van der Waals surface area contributed by atoms with Gasteiger partial charge in [0.2, 0.25) is 0 Å². The SMILES string of the molecule is CSc1ccc(CN2CCC(NSc3cccc(C(F)(F)F)c3)C2)cc1. The molecule has 0 aliphatic carbocycles. The smallest absolute Gasteiger partial charge is 0.297 e. The molecule has 26 heavy (non-hydrogen) atoms. The van der Waals surface area contributed by atoms with Crippen LogP contribution in [0.3, 0.4) is 0 Å². The quantitative estimate of drug-likeness (QED) is 0.524. The van der Waals surface area contributed by atoms with Crippen LogP contribution in [0.5, 0.6) is 0 Å². The van der Waals surface area contributed by atoms with Crippen LogP contribution in [0.15, 0.2) is 58.3 Å². The monoisotopic (exact) mass is 398 g/mol. The summed E-state index contributed by atoms with van der Waals surface area (Å²) in [5.41, 5.74) is 0.681. The number of hydrogen-bond acceptors (Lipinski definition) is 4. The van der Waals surface area contributed by atoms with E-state index in [1.165, 1.54) is 34.5 Å². The third-order valence-electron chi connectivity index (χ3n) is 4.34. The molecule has 0 bridgehead atoms. The number of thioether (sulfide) groups is 1. The third-order valence-corrected chi connectivity index (χ3v) is 6.03. The van der Waals surface area contributed by atoms with E-state index in [0.717, 1.165) is 32.1 Å². The van der Waals surface area contributed by atoms with Crippen molar-refractivity contribution in [3.05, 3.63) is 59.7 Å². The van der Waals surface area contributed by atoms with Crippen molar-refractivity contribution < 1.29 is 13.2 Å². The Morgan fingerprint density at radius 3 is 2.58 bits per heavy atom. The Hall–Kier alpha value is -1.15. The molecular formula is C19H21F3N2S2. The number of likely N-dealkylation sites (tertiary alicyclic amines) is 1. The van der Waals surface area contributed by atoms with Gasteiger partial charge in [-0.3, -0.25) is 9.62 Å². The summed E-state index contributed by atoms with van der Waals surface area (Å²) >= 11 is 3.01. The van der Waals surface area contributed by atoms with E-state index in [-0.39, 0.29) is 6.04 Å². The Morgan fingerprint density at radius 2 is 1.88 bits per heavy atom. The van der Waals surface area contributed by atoms with Gasteiger partial charge >= 0.3 is 6.18 Å².